The van der Waals surface area contributed by atoms with Gasteiger partial charge < -0.3 is 4.42 Å². The lowest BCUT2D eigenvalue weighted by atomic mass is 10.2. The number of carbonyl (C=O) groups is 2. The summed E-state index contributed by atoms with van der Waals surface area (Å²) in [5.41, 5.74) is 0.0831. The molecule has 0 unspecified atom stereocenters. The first kappa shape index (κ1) is 12.6. The number of amides is 1. The number of sulfonamides is 1. The molecule has 1 aliphatic heterocycles. The highest BCUT2D eigenvalue weighted by atomic mass is 32.2. The molecule has 1 amide bonds. The summed E-state index contributed by atoms with van der Waals surface area (Å²) in [6, 6.07) is 8.81. The minimum atomic E-state index is -3.96. The molecule has 6 nitrogen and oxygen atoms in total. The van der Waals surface area contributed by atoms with Crippen LogP contribution in [-0.2, 0) is 10.0 Å². The van der Waals surface area contributed by atoms with E-state index in [4.69, 9.17) is 4.42 Å². The van der Waals surface area contributed by atoms with E-state index in [-0.39, 0.29) is 16.2 Å². The van der Waals surface area contributed by atoms with Gasteiger partial charge in [0.25, 0.3) is 15.9 Å². The zero-order valence-corrected chi connectivity index (χ0v) is 11.0. The third-order valence-corrected chi connectivity index (χ3v) is 4.78. The minimum absolute atomic E-state index is 0.0176. The second-order valence-corrected chi connectivity index (χ2v) is 6.04. The summed E-state index contributed by atoms with van der Waals surface area (Å²) in [5, 5.41) is 0. The Bertz CT molecular complexity index is 792. The fraction of sp³-hybridized carbons (Fsp3) is 0.0769. The van der Waals surface area contributed by atoms with E-state index in [1.165, 1.54) is 36.6 Å². The van der Waals surface area contributed by atoms with E-state index >= 15 is 0 Å². The number of ketones is 1. The fourth-order valence-electron chi connectivity index (χ4n) is 2.03. The molecule has 0 atom stereocenters. The molecule has 1 aliphatic rings. The SMILES string of the molecule is O=C(CN1C(=O)c2ccccc2S1(=O)=O)c1ccco1. The second kappa shape index (κ2) is 4.31. The van der Waals surface area contributed by atoms with E-state index in [0.717, 1.165) is 0 Å². The molecule has 0 fully saturated rings. The lowest BCUT2D eigenvalue weighted by molar-refractivity contribution is 0.0811. The molecule has 1 aromatic carbocycles. The average molecular weight is 291 g/mol. The van der Waals surface area contributed by atoms with Crippen LogP contribution in [0.1, 0.15) is 20.9 Å². The first-order valence-corrected chi connectivity index (χ1v) is 7.18. The summed E-state index contributed by atoms with van der Waals surface area (Å²) in [7, 11) is -3.96. The number of furan rings is 1. The van der Waals surface area contributed by atoms with Gasteiger partial charge in [-0.15, -0.1) is 0 Å². The molecule has 20 heavy (non-hydrogen) atoms. The third kappa shape index (κ3) is 1.75. The summed E-state index contributed by atoms with van der Waals surface area (Å²) in [6.07, 6.45) is 1.31. The van der Waals surface area contributed by atoms with Crippen molar-refractivity contribution >= 4 is 21.7 Å². The van der Waals surface area contributed by atoms with Crippen LogP contribution in [0.25, 0.3) is 0 Å². The molecular weight excluding hydrogens is 282 g/mol. The van der Waals surface area contributed by atoms with Gasteiger partial charge in [-0.1, -0.05) is 12.1 Å². The lowest BCUT2D eigenvalue weighted by Gasteiger charge is -2.12. The number of fused-ring (bicyclic) bond motifs is 1. The van der Waals surface area contributed by atoms with E-state index in [1.807, 2.05) is 0 Å². The Kier molecular flexibility index (Phi) is 2.72. The van der Waals surface area contributed by atoms with Crippen LogP contribution in [0.15, 0.2) is 52.0 Å². The monoisotopic (exact) mass is 291 g/mol. The Morgan fingerprint density at radius 3 is 2.55 bits per heavy atom. The van der Waals surface area contributed by atoms with E-state index in [9.17, 15) is 18.0 Å². The summed E-state index contributed by atoms with van der Waals surface area (Å²) in [4.78, 5) is 23.9. The molecule has 0 saturated heterocycles. The van der Waals surface area contributed by atoms with Crippen LogP contribution in [-0.4, -0.2) is 31.0 Å². The second-order valence-electron chi connectivity index (χ2n) is 4.21. The zero-order chi connectivity index (χ0) is 14.3. The minimum Gasteiger partial charge on any atom is -0.461 e. The molecule has 0 N–H and O–H groups in total. The molecule has 2 heterocycles. The van der Waals surface area contributed by atoms with Crippen LogP contribution in [0.3, 0.4) is 0 Å². The summed E-state index contributed by atoms with van der Waals surface area (Å²) in [6.45, 7) is -0.566. The summed E-state index contributed by atoms with van der Waals surface area (Å²) in [5.74, 6) is -1.25. The van der Waals surface area contributed by atoms with Gasteiger partial charge in [-0.3, -0.25) is 9.59 Å². The predicted octanol–water partition coefficient (Wildman–Crippen LogP) is 1.31. The maximum absolute atomic E-state index is 12.2. The van der Waals surface area contributed by atoms with Crippen molar-refractivity contribution in [2.45, 2.75) is 4.90 Å². The quantitative estimate of drug-likeness (QED) is 0.796. The van der Waals surface area contributed by atoms with Gasteiger partial charge in [0.15, 0.2) is 5.76 Å². The van der Waals surface area contributed by atoms with E-state index in [1.54, 1.807) is 6.07 Å². The topological polar surface area (TPSA) is 84.7 Å². The number of benzene rings is 1. The molecule has 0 spiro atoms. The van der Waals surface area contributed by atoms with Crippen molar-refractivity contribution in [1.29, 1.82) is 0 Å². The Labute approximate surface area is 114 Å². The maximum atomic E-state index is 12.2. The standard InChI is InChI=1S/C13H9NO5S/c15-10(11-5-3-7-19-11)8-14-13(16)9-4-1-2-6-12(9)20(14,17)18/h1-7H,8H2. The summed E-state index contributed by atoms with van der Waals surface area (Å²) >= 11 is 0. The number of Topliss-reactive ketones (excluding diaryl/α,β-unsaturated/α-hetero) is 1. The number of nitrogens with zero attached hydrogens (tertiary/aromatic N) is 1. The van der Waals surface area contributed by atoms with Crippen molar-refractivity contribution in [3.8, 4) is 0 Å². The van der Waals surface area contributed by atoms with E-state index < -0.39 is 28.3 Å². The number of hydrogen-bond donors (Lipinski definition) is 0. The van der Waals surface area contributed by atoms with Crippen molar-refractivity contribution in [3.63, 3.8) is 0 Å². The highest BCUT2D eigenvalue weighted by Crippen LogP contribution is 2.29. The van der Waals surface area contributed by atoms with Gasteiger partial charge in [0.1, 0.15) is 11.4 Å². The normalized spacial score (nSPS) is 16.2. The Morgan fingerprint density at radius 2 is 1.90 bits per heavy atom. The van der Waals surface area contributed by atoms with E-state index in [0.29, 0.717) is 4.31 Å². The van der Waals surface area contributed by atoms with Crippen LogP contribution < -0.4 is 0 Å². The van der Waals surface area contributed by atoms with Crippen LogP contribution in [0.4, 0.5) is 0 Å². The van der Waals surface area contributed by atoms with Crippen molar-refractivity contribution in [3.05, 3.63) is 54.0 Å². The number of hydrogen-bond acceptors (Lipinski definition) is 5. The Morgan fingerprint density at radius 1 is 1.15 bits per heavy atom. The zero-order valence-electron chi connectivity index (χ0n) is 10.1. The smallest absolute Gasteiger partial charge is 0.269 e. The maximum Gasteiger partial charge on any atom is 0.269 e. The van der Waals surface area contributed by atoms with Crippen molar-refractivity contribution in [2.75, 3.05) is 6.54 Å². The van der Waals surface area contributed by atoms with Crippen molar-refractivity contribution in [1.82, 2.24) is 4.31 Å². The predicted molar refractivity (Wildman–Crippen MR) is 67.7 cm³/mol. The Balaban J connectivity index is 1.97. The highest BCUT2D eigenvalue weighted by molar-refractivity contribution is 7.90. The van der Waals surface area contributed by atoms with Gasteiger partial charge in [-0.25, -0.2) is 12.7 Å². The Hall–Kier alpha value is -2.41. The lowest BCUT2D eigenvalue weighted by Crippen LogP contribution is -2.34. The van der Waals surface area contributed by atoms with Gasteiger partial charge in [-0.05, 0) is 24.3 Å². The number of carbonyl (C=O) groups excluding carboxylic acids is 2. The van der Waals surface area contributed by atoms with Crippen LogP contribution in [0.2, 0.25) is 0 Å². The van der Waals surface area contributed by atoms with Gasteiger partial charge in [0.2, 0.25) is 5.78 Å². The van der Waals surface area contributed by atoms with Crippen molar-refractivity contribution in [2.24, 2.45) is 0 Å². The highest BCUT2D eigenvalue weighted by Gasteiger charge is 2.42. The molecular formula is C13H9NO5S. The van der Waals surface area contributed by atoms with Gasteiger partial charge >= 0.3 is 0 Å². The first-order valence-electron chi connectivity index (χ1n) is 5.74. The molecule has 102 valence electrons. The first-order chi connectivity index (χ1) is 9.51. The fourth-order valence-corrected chi connectivity index (χ4v) is 3.56. The van der Waals surface area contributed by atoms with Crippen LogP contribution in [0.5, 0.6) is 0 Å². The van der Waals surface area contributed by atoms with Gasteiger partial charge in [0, 0.05) is 0 Å². The van der Waals surface area contributed by atoms with Gasteiger partial charge in [-0.2, -0.15) is 0 Å². The van der Waals surface area contributed by atoms with Crippen LogP contribution in [0, 0.1) is 0 Å². The largest absolute Gasteiger partial charge is 0.461 e. The van der Waals surface area contributed by atoms with E-state index in [2.05, 4.69) is 0 Å². The molecule has 0 aliphatic carbocycles. The molecule has 1 aromatic heterocycles. The number of rotatable bonds is 3. The molecule has 0 radical (unpaired) electrons. The van der Waals surface area contributed by atoms with Crippen molar-refractivity contribution < 1.29 is 22.4 Å². The molecule has 0 bridgehead atoms. The average Bonchev–Trinajstić information content (AvgIpc) is 3.02. The summed E-state index contributed by atoms with van der Waals surface area (Å²) < 4.78 is 29.9. The molecule has 3 rings (SSSR count). The third-order valence-electron chi connectivity index (χ3n) is 3.00. The van der Waals surface area contributed by atoms with Gasteiger partial charge in [0.05, 0.1) is 11.8 Å². The molecule has 0 saturated carbocycles. The van der Waals surface area contributed by atoms with Crippen LogP contribution >= 0.6 is 0 Å². The molecule has 7 heteroatoms. The molecule has 2 aromatic rings.